The lowest BCUT2D eigenvalue weighted by Gasteiger charge is -2.08. The Balaban J connectivity index is 3.14. The highest BCUT2D eigenvalue weighted by molar-refractivity contribution is 8.13. The van der Waals surface area contributed by atoms with Crippen LogP contribution in [0, 0.1) is 0 Å². The quantitative estimate of drug-likeness (QED) is 0.761. The second-order valence-corrected chi connectivity index (χ2v) is 6.35. The van der Waals surface area contributed by atoms with Crippen LogP contribution in [0.25, 0.3) is 0 Å². The average Bonchev–Trinajstić information content (AvgIpc) is 2.44. The van der Waals surface area contributed by atoms with E-state index in [0.29, 0.717) is 12.2 Å². The van der Waals surface area contributed by atoms with Crippen molar-refractivity contribution < 1.29 is 8.42 Å². The average molecular weight is 252 g/mol. The Morgan fingerprint density at radius 3 is 2.47 bits per heavy atom. The number of nitrogens with zero attached hydrogens (tertiary/aromatic N) is 3. The van der Waals surface area contributed by atoms with Gasteiger partial charge in [0.1, 0.15) is 11.4 Å². The summed E-state index contributed by atoms with van der Waals surface area (Å²) >= 11 is 0. The highest BCUT2D eigenvalue weighted by Gasteiger charge is 2.19. The zero-order valence-corrected chi connectivity index (χ0v) is 10.5. The van der Waals surface area contributed by atoms with Crippen molar-refractivity contribution in [1.29, 1.82) is 0 Å². The van der Waals surface area contributed by atoms with Gasteiger partial charge in [0.15, 0.2) is 0 Å². The van der Waals surface area contributed by atoms with Gasteiger partial charge in [-0.1, -0.05) is 19.1 Å². The lowest BCUT2D eigenvalue weighted by molar-refractivity contribution is 0.579. The van der Waals surface area contributed by atoms with Crippen LogP contribution < -0.4 is 0 Å². The fourth-order valence-electron chi connectivity index (χ4n) is 1.49. The molecular weight excluding hydrogens is 238 g/mol. The van der Waals surface area contributed by atoms with Crippen LogP contribution in [-0.2, 0) is 21.3 Å². The van der Waals surface area contributed by atoms with E-state index in [9.17, 15) is 8.42 Å². The highest BCUT2D eigenvalue weighted by atomic mass is 35.7. The maximum Gasteiger partial charge on any atom is 0.238 e. The molecule has 15 heavy (non-hydrogen) atoms. The summed E-state index contributed by atoms with van der Waals surface area (Å²) < 4.78 is 23.6. The zero-order chi connectivity index (χ0) is 11.6. The third-order valence-electron chi connectivity index (χ3n) is 2.00. The van der Waals surface area contributed by atoms with Crippen LogP contribution in [0.5, 0.6) is 0 Å². The van der Waals surface area contributed by atoms with Crippen LogP contribution in [0.15, 0.2) is 0 Å². The number of hydrogen-bond donors (Lipinski definition) is 0. The van der Waals surface area contributed by atoms with Crippen molar-refractivity contribution in [2.45, 2.75) is 39.0 Å². The third kappa shape index (κ3) is 3.17. The van der Waals surface area contributed by atoms with E-state index < -0.39 is 9.05 Å². The predicted molar refractivity (Wildman–Crippen MR) is 58.3 cm³/mol. The molecule has 0 aromatic carbocycles. The standard InChI is InChI=1S/C8H14ClN3O2S/c1-4-12-8(6(2)3)7(10-11-12)5-15(9,13)14/h6H,4-5H2,1-3H3. The van der Waals surface area contributed by atoms with Gasteiger partial charge >= 0.3 is 0 Å². The van der Waals surface area contributed by atoms with Crippen molar-refractivity contribution in [2.24, 2.45) is 0 Å². The Labute approximate surface area is 93.8 Å². The van der Waals surface area contributed by atoms with Gasteiger partial charge in [-0.3, -0.25) is 0 Å². The Morgan fingerprint density at radius 1 is 1.47 bits per heavy atom. The molecular formula is C8H14ClN3O2S. The third-order valence-corrected chi connectivity index (χ3v) is 2.95. The van der Waals surface area contributed by atoms with Crippen LogP contribution in [0.4, 0.5) is 0 Å². The van der Waals surface area contributed by atoms with E-state index in [2.05, 4.69) is 10.3 Å². The molecule has 0 unspecified atom stereocenters. The molecule has 1 heterocycles. The molecule has 5 nitrogen and oxygen atoms in total. The molecule has 0 saturated heterocycles. The molecule has 0 radical (unpaired) electrons. The zero-order valence-electron chi connectivity index (χ0n) is 8.94. The van der Waals surface area contributed by atoms with Gasteiger partial charge in [-0.05, 0) is 12.8 Å². The van der Waals surface area contributed by atoms with Crippen LogP contribution in [0.1, 0.15) is 38.1 Å². The van der Waals surface area contributed by atoms with E-state index in [4.69, 9.17) is 10.7 Å². The van der Waals surface area contributed by atoms with Crippen molar-refractivity contribution >= 4 is 19.7 Å². The summed E-state index contributed by atoms with van der Waals surface area (Å²) in [6, 6.07) is 0. The normalized spacial score (nSPS) is 12.3. The number of aryl methyl sites for hydroxylation is 1. The van der Waals surface area contributed by atoms with Crippen molar-refractivity contribution in [1.82, 2.24) is 15.0 Å². The maximum atomic E-state index is 11.0. The predicted octanol–water partition coefficient (Wildman–Crippen LogP) is 1.49. The summed E-state index contributed by atoms with van der Waals surface area (Å²) in [5.41, 5.74) is 1.28. The molecule has 0 aliphatic rings. The molecule has 0 aliphatic heterocycles. The molecule has 0 aliphatic carbocycles. The first-order chi connectivity index (χ1) is 6.85. The summed E-state index contributed by atoms with van der Waals surface area (Å²) in [7, 11) is 1.62. The number of rotatable bonds is 4. The lowest BCUT2D eigenvalue weighted by atomic mass is 10.1. The fourth-order valence-corrected chi connectivity index (χ4v) is 2.33. The topological polar surface area (TPSA) is 64.8 Å². The van der Waals surface area contributed by atoms with Gasteiger partial charge in [-0.2, -0.15) is 0 Å². The number of hydrogen-bond acceptors (Lipinski definition) is 4. The number of aromatic nitrogens is 3. The first kappa shape index (κ1) is 12.4. The minimum absolute atomic E-state index is 0.174. The van der Waals surface area contributed by atoms with Crippen molar-refractivity contribution in [3.8, 4) is 0 Å². The molecule has 0 spiro atoms. The summed E-state index contributed by atoms with van der Waals surface area (Å²) in [5, 5.41) is 7.73. The molecule has 0 atom stereocenters. The molecule has 0 saturated carbocycles. The van der Waals surface area contributed by atoms with E-state index in [0.717, 1.165) is 5.69 Å². The Morgan fingerprint density at radius 2 is 2.07 bits per heavy atom. The second-order valence-electron chi connectivity index (χ2n) is 3.58. The van der Waals surface area contributed by atoms with Crippen molar-refractivity contribution in [2.75, 3.05) is 0 Å². The summed E-state index contributed by atoms with van der Waals surface area (Å²) in [4.78, 5) is 0. The first-order valence-electron chi connectivity index (χ1n) is 4.69. The summed E-state index contributed by atoms with van der Waals surface area (Å²) in [6.07, 6.45) is 0. The van der Waals surface area contributed by atoms with Crippen molar-refractivity contribution in [3.63, 3.8) is 0 Å². The molecule has 1 aromatic heterocycles. The molecule has 7 heteroatoms. The van der Waals surface area contributed by atoms with Gasteiger partial charge in [0.2, 0.25) is 9.05 Å². The van der Waals surface area contributed by atoms with E-state index in [1.807, 2.05) is 20.8 Å². The molecule has 1 rings (SSSR count). The van der Waals surface area contributed by atoms with E-state index in [1.165, 1.54) is 0 Å². The monoisotopic (exact) mass is 251 g/mol. The van der Waals surface area contributed by atoms with Gasteiger partial charge < -0.3 is 0 Å². The Bertz CT molecular complexity index is 439. The largest absolute Gasteiger partial charge is 0.249 e. The fraction of sp³-hybridized carbons (Fsp3) is 0.750. The van der Waals surface area contributed by atoms with Crippen LogP contribution in [0.2, 0.25) is 0 Å². The molecule has 86 valence electrons. The Hall–Kier alpha value is -0.620. The lowest BCUT2D eigenvalue weighted by Crippen LogP contribution is -2.07. The minimum atomic E-state index is -3.57. The van der Waals surface area contributed by atoms with Crippen LogP contribution in [-0.4, -0.2) is 23.4 Å². The van der Waals surface area contributed by atoms with E-state index in [1.54, 1.807) is 4.68 Å². The van der Waals surface area contributed by atoms with Gasteiger partial charge in [-0.15, -0.1) is 5.10 Å². The van der Waals surface area contributed by atoms with E-state index in [-0.39, 0.29) is 11.7 Å². The van der Waals surface area contributed by atoms with Gasteiger partial charge in [-0.25, -0.2) is 13.1 Å². The summed E-state index contributed by atoms with van der Waals surface area (Å²) in [5.74, 6) is -0.0874. The molecule has 0 fully saturated rings. The van der Waals surface area contributed by atoms with E-state index >= 15 is 0 Å². The van der Waals surface area contributed by atoms with Gasteiger partial charge in [0, 0.05) is 17.2 Å². The van der Waals surface area contributed by atoms with Gasteiger partial charge in [0.25, 0.3) is 0 Å². The smallest absolute Gasteiger partial charge is 0.238 e. The Kier molecular flexibility index (Phi) is 3.72. The molecule has 1 aromatic rings. The second kappa shape index (κ2) is 4.49. The highest BCUT2D eigenvalue weighted by Crippen LogP contribution is 2.20. The number of halogens is 1. The van der Waals surface area contributed by atoms with Crippen molar-refractivity contribution in [3.05, 3.63) is 11.4 Å². The first-order valence-corrected chi connectivity index (χ1v) is 7.17. The maximum absolute atomic E-state index is 11.0. The SMILES string of the molecule is CCn1nnc(CS(=O)(=O)Cl)c1C(C)C. The van der Waals surface area contributed by atoms with Gasteiger partial charge in [0.05, 0.1) is 5.69 Å². The van der Waals surface area contributed by atoms with Crippen LogP contribution >= 0.6 is 10.7 Å². The molecule has 0 N–H and O–H groups in total. The molecule has 0 bridgehead atoms. The minimum Gasteiger partial charge on any atom is -0.249 e. The van der Waals surface area contributed by atoms with Crippen LogP contribution in [0.3, 0.4) is 0 Å². The molecule has 0 amide bonds. The summed E-state index contributed by atoms with van der Waals surface area (Å²) in [6.45, 7) is 6.53.